The second kappa shape index (κ2) is 7.17. The summed E-state index contributed by atoms with van der Waals surface area (Å²) < 4.78 is 26.1. The number of sulfone groups is 1. The highest BCUT2D eigenvalue weighted by atomic mass is 32.2. The standard InChI is InChI=1S/C19H20N2O3S2/c1-4-21-16-10-5-13(2)11-17(16)25-19(21)20-18(22)12-14-6-8-15(9-7-14)26(3,23)24/h5-11H,4,12H2,1-3H3. The first-order valence-corrected chi connectivity index (χ1v) is 11.0. The molecule has 7 heteroatoms. The average Bonchev–Trinajstić information content (AvgIpc) is 2.90. The van der Waals surface area contributed by atoms with Gasteiger partial charge in [0.25, 0.3) is 5.91 Å². The number of amides is 1. The minimum atomic E-state index is -3.23. The summed E-state index contributed by atoms with van der Waals surface area (Å²) in [6.07, 6.45) is 1.30. The first kappa shape index (κ1) is 18.5. The predicted molar refractivity (Wildman–Crippen MR) is 104 cm³/mol. The topological polar surface area (TPSA) is 68.5 Å². The first-order valence-electron chi connectivity index (χ1n) is 8.24. The molecule has 0 unspecified atom stereocenters. The average molecular weight is 389 g/mol. The number of nitrogens with zero attached hydrogens (tertiary/aromatic N) is 2. The van der Waals surface area contributed by atoms with E-state index in [9.17, 15) is 13.2 Å². The maximum absolute atomic E-state index is 12.4. The molecule has 3 aromatic rings. The van der Waals surface area contributed by atoms with Gasteiger partial charge >= 0.3 is 0 Å². The summed E-state index contributed by atoms with van der Waals surface area (Å²) >= 11 is 1.50. The van der Waals surface area contributed by atoms with Crippen molar-refractivity contribution in [2.45, 2.75) is 31.7 Å². The van der Waals surface area contributed by atoms with Crippen LogP contribution in [0.2, 0.25) is 0 Å². The molecule has 0 aliphatic rings. The number of fused-ring (bicyclic) bond motifs is 1. The van der Waals surface area contributed by atoms with Crippen molar-refractivity contribution in [2.75, 3.05) is 6.26 Å². The molecule has 1 amide bonds. The molecule has 3 rings (SSSR count). The summed E-state index contributed by atoms with van der Waals surface area (Å²) in [5.41, 5.74) is 2.99. The fourth-order valence-corrected chi connectivity index (χ4v) is 4.59. The van der Waals surface area contributed by atoms with E-state index in [1.807, 2.05) is 18.4 Å². The second-order valence-electron chi connectivity index (χ2n) is 6.20. The Morgan fingerprint density at radius 3 is 2.46 bits per heavy atom. The highest BCUT2D eigenvalue weighted by Crippen LogP contribution is 2.19. The minimum absolute atomic E-state index is 0.140. The number of carbonyl (C=O) groups excluding carboxylic acids is 1. The van der Waals surface area contributed by atoms with Gasteiger partial charge in [-0.2, -0.15) is 4.99 Å². The van der Waals surface area contributed by atoms with E-state index in [4.69, 9.17) is 0 Å². The van der Waals surface area contributed by atoms with Crippen LogP contribution in [0, 0.1) is 6.92 Å². The molecule has 0 aliphatic carbocycles. The summed E-state index contributed by atoms with van der Waals surface area (Å²) in [4.78, 5) is 17.6. The summed E-state index contributed by atoms with van der Waals surface area (Å²) in [6, 6.07) is 12.6. The maximum atomic E-state index is 12.4. The van der Waals surface area contributed by atoms with E-state index in [-0.39, 0.29) is 17.2 Å². The number of benzene rings is 2. The Balaban J connectivity index is 1.90. The number of carbonyl (C=O) groups is 1. The number of thiazole rings is 1. The highest BCUT2D eigenvalue weighted by Gasteiger charge is 2.10. The fourth-order valence-electron chi connectivity index (χ4n) is 2.75. The molecule has 1 heterocycles. The molecule has 0 spiro atoms. The highest BCUT2D eigenvalue weighted by molar-refractivity contribution is 7.90. The van der Waals surface area contributed by atoms with Crippen LogP contribution >= 0.6 is 11.3 Å². The van der Waals surface area contributed by atoms with Crippen molar-refractivity contribution >= 4 is 37.3 Å². The van der Waals surface area contributed by atoms with Gasteiger partial charge < -0.3 is 4.57 Å². The molecule has 0 radical (unpaired) electrons. The SMILES string of the molecule is CCn1c(=NC(=O)Cc2ccc(S(C)(=O)=O)cc2)sc2cc(C)ccc21. The van der Waals surface area contributed by atoms with Crippen LogP contribution in [0.4, 0.5) is 0 Å². The van der Waals surface area contributed by atoms with Crippen LogP contribution < -0.4 is 4.80 Å². The van der Waals surface area contributed by atoms with Crippen molar-refractivity contribution in [1.82, 2.24) is 4.57 Å². The van der Waals surface area contributed by atoms with E-state index >= 15 is 0 Å². The zero-order valence-corrected chi connectivity index (χ0v) is 16.5. The van der Waals surface area contributed by atoms with Crippen LogP contribution in [0.15, 0.2) is 52.4 Å². The molecular formula is C19H20N2O3S2. The van der Waals surface area contributed by atoms with Gasteiger partial charge in [-0.3, -0.25) is 4.79 Å². The summed E-state index contributed by atoms with van der Waals surface area (Å²) in [5, 5.41) is 0. The monoisotopic (exact) mass is 388 g/mol. The molecular weight excluding hydrogens is 368 g/mol. The van der Waals surface area contributed by atoms with Gasteiger partial charge in [0.2, 0.25) is 0 Å². The van der Waals surface area contributed by atoms with E-state index in [1.165, 1.54) is 29.0 Å². The number of hydrogen-bond acceptors (Lipinski definition) is 4. The van der Waals surface area contributed by atoms with Gasteiger partial charge in [0.15, 0.2) is 14.6 Å². The van der Waals surface area contributed by atoms with Crippen LogP contribution in [0.25, 0.3) is 10.2 Å². The lowest BCUT2D eigenvalue weighted by molar-refractivity contribution is -0.117. The van der Waals surface area contributed by atoms with Crippen molar-refractivity contribution in [3.05, 3.63) is 58.4 Å². The zero-order valence-electron chi connectivity index (χ0n) is 14.9. The lowest BCUT2D eigenvalue weighted by atomic mass is 10.1. The van der Waals surface area contributed by atoms with Crippen LogP contribution in [-0.2, 0) is 27.6 Å². The molecule has 26 heavy (non-hydrogen) atoms. The maximum Gasteiger partial charge on any atom is 0.252 e. The van der Waals surface area contributed by atoms with Gasteiger partial charge in [-0.05, 0) is 49.2 Å². The molecule has 0 fully saturated rings. The molecule has 0 saturated heterocycles. The first-order chi connectivity index (χ1) is 12.3. The Labute approximate surface area is 156 Å². The largest absolute Gasteiger partial charge is 0.317 e. The third-order valence-electron chi connectivity index (χ3n) is 4.08. The van der Waals surface area contributed by atoms with Crippen LogP contribution in [-0.4, -0.2) is 25.1 Å². The number of aryl methyl sites for hydroxylation is 2. The second-order valence-corrected chi connectivity index (χ2v) is 9.22. The smallest absolute Gasteiger partial charge is 0.252 e. The van der Waals surface area contributed by atoms with E-state index < -0.39 is 9.84 Å². The summed E-state index contributed by atoms with van der Waals surface area (Å²) in [5.74, 6) is -0.248. The molecule has 0 bridgehead atoms. The van der Waals surface area contributed by atoms with Crippen LogP contribution in [0.5, 0.6) is 0 Å². The number of hydrogen-bond donors (Lipinski definition) is 0. The predicted octanol–water partition coefficient (Wildman–Crippen LogP) is 3.10. The number of rotatable bonds is 4. The van der Waals surface area contributed by atoms with Crippen molar-refractivity contribution in [3.8, 4) is 0 Å². The van der Waals surface area contributed by atoms with E-state index in [0.717, 1.165) is 28.6 Å². The molecule has 2 aromatic carbocycles. The summed E-state index contributed by atoms with van der Waals surface area (Å²) in [6.45, 7) is 4.80. The minimum Gasteiger partial charge on any atom is -0.317 e. The molecule has 0 saturated carbocycles. The Kier molecular flexibility index (Phi) is 5.11. The third kappa shape index (κ3) is 3.94. The lowest BCUT2D eigenvalue weighted by Crippen LogP contribution is -2.16. The van der Waals surface area contributed by atoms with Gasteiger partial charge in [0.1, 0.15) is 0 Å². The third-order valence-corrected chi connectivity index (χ3v) is 6.25. The summed E-state index contributed by atoms with van der Waals surface area (Å²) in [7, 11) is -3.23. The van der Waals surface area contributed by atoms with E-state index in [2.05, 4.69) is 23.2 Å². The Hall–Kier alpha value is -2.25. The van der Waals surface area contributed by atoms with Gasteiger partial charge in [-0.1, -0.05) is 29.5 Å². The Morgan fingerprint density at radius 2 is 1.85 bits per heavy atom. The van der Waals surface area contributed by atoms with Gasteiger partial charge in [0.05, 0.1) is 21.5 Å². The molecule has 0 N–H and O–H groups in total. The molecule has 5 nitrogen and oxygen atoms in total. The van der Waals surface area contributed by atoms with Gasteiger partial charge in [0, 0.05) is 12.8 Å². The van der Waals surface area contributed by atoms with Gasteiger partial charge in [-0.15, -0.1) is 0 Å². The molecule has 136 valence electrons. The lowest BCUT2D eigenvalue weighted by Gasteiger charge is -2.02. The van der Waals surface area contributed by atoms with Crippen molar-refractivity contribution in [3.63, 3.8) is 0 Å². The van der Waals surface area contributed by atoms with E-state index in [0.29, 0.717) is 4.80 Å². The van der Waals surface area contributed by atoms with Crippen LogP contribution in [0.3, 0.4) is 0 Å². The normalized spacial score (nSPS) is 12.7. The van der Waals surface area contributed by atoms with Crippen molar-refractivity contribution in [2.24, 2.45) is 4.99 Å². The van der Waals surface area contributed by atoms with Crippen molar-refractivity contribution < 1.29 is 13.2 Å². The Morgan fingerprint density at radius 1 is 1.15 bits per heavy atom. The van der Waals surface area contributed by atoms with Crippen molar-refractivity contribution in [1.29, 1.82) is 0 Å². The molecule has 0 aliphatic heterocycles. The number of aromatic nitrogens is 1. The zero-order chi connectivity index (χ0) is 18.9. The molecule has 0 atom stereocenters. The fraction of sp³-hybridized carbons (Fsp3) is 0.263. The van der Waals surface area contributed by atoms with E-state index in [1.54, 1.807) is 12.1 Å². The molecule has 1 aromatic heterocycles. The Bertz CT molecular complexity index is 1140. The van der Waals surface area contributed by atoms with Crippen LogP contribution in [0.1, 0.15) is 18.1 Å². The quantitative estimate of drug-likeness (QED) is 0.690. The van der Waals surface area contributed by atoms with Gasteiger partial charge in [-0.25, -0.2) is 8.42 Å².